The largest absolute Gasteiger partial charge is 0.506 e. The Morgan fingerprint density at radius 1 is 1.35 bits per heavy atom. The molecule has 0 aliphatic carbocycles. The summed E-state index contributed by atoms with van der Waals surface area (Å²) in [6.07, 6.45) is 2.62. The summed E-state index contributed by atoms with van der Waals surface area (Å²) in [5.41, 5.74) is -0.225. The molecular formula is C16H19FN4O4S. The Morgan fingerprint density at radius 3 is 2.69 bits per heavy atom. The van der Waals surface area contributed by atoms with E-state index in [-0.39, 0.29) is 5.56 Å². The number of carbonyl (C=O) groups excluding carboxylic acids is 1. The lowest BCUT2D eigenvalue weighted by Gasteiger charge is -2.18. The summed E-state index contributed by atoms with van der Waals surface area (Å²) in [5, 5.41) is 14.3. The maximum atomic E-state index is 15.0. The minimum Gasteiger partial charge on any atom is -0.506 e. The molecule has 1 aromatic carbocycles. The maximum absolute atomic E-state index is 15.0. The van der Waals surface area contributed by atoms with Crippen LogP contribution in [0.15, 0.2) is 24.4 Å². The fourth-order valence-corrected chi connectivity index (χ4v) is 3.82. The molecule has 1 aromatic heterocycles. The zero-order valence-corrected chi connectivity index (χ0v) is 15.1. The summed E-state index contributed by atoms with van der Waals surface area (Å²) in [6.45, 7) is 4.24. The van der Waals surface area contributed by atoms with Crippen LogP contribution in [0.25, 0.3) is 11.3 Å². The number of hydrogen-bond donors (Lipinski definition) is 2. The molecule has 0 spiro atoms. The topological polar surface area (TPSA) is 105 Å². The van der Waals surface area contributed by atoms with Gasteiger partial charge in [0.05, 0.1) is 5.69 Å². The molecule has 3 rings (SSSR count). The van der Waals surface area contributed by atoms with Crippen molar-refractivity contribution in [1.29, 1.82) is 0 Å². The minimum absolute atomic E-state index is 0.0376. The molecule has 1 amide bonds. The molecule has 2 N–H and O–H groups in total. The van der Waals surface area contributed by atoms with E-state index in [0.717, 1.165) is 6.42 Å². The molecule has 2 heterocycles. The van der Waals surface area contributed by atoms with E-state index in [9.17, 15) is 18.3 Å². The normalized spacial score (nSPS) is 16.3. The zero-order valence-electron chi connectivity index (χ0n) is 14.3. The molecule has 0 atom stereocenters. The number of phenols is 1. The number of nitrogens with one attached hydrogen (secondary N) is 1. The molecule has 1 aliphatic heterocycles. The van der Waals surface area contributed by atoms with E-state index in [1.807, 2.05) is 0 Å². The molecule has 2 aromatic rings. The second-order valence-electron chi connectivity index (χ2n) is 6.48. The third-order valence-electron chi connectivity index (χ3n) is 4.02. The van der Waals surface area contributed by atoms with Crippen molar-refractivity contribution in [3.05, 3.63) is 30.2 Å². The predicted molar refractivity (Wildman–Crippen MR) is 93.1 cm³/mol. The molecule has 0 radical (unpaired) electrons. The van der Waals surface area contributed by atoms with E-state index in [1.165, 1.54) is 12.1 Å². The van der Waals surface area contributed by atoms with Gasteiger partial charge in [0.15, 0.2) is 5.82 Å². The van der Waals surface area contributed by atoms with Gasteiger partial charge in [-0.25, -0.2) is 13.4 Å². The number of anilines is 1. The molecule has 0 saturated carbocycles. The standard InChI is InChI=1S/C16H19FN4O4S/c1-10(2)5-7-20-8-6-12(18-20)11-3-4-13(22)16(15(11)17)21-9-14(23)19-26(21,24)25/h3-4,6,8,10,22H,5,7,9H2,1-2H3,(H,19,23). The zero-order chi connectivity index (χ0) is 19.1. The maximum Gasteiger partial charge on any atom is 0.326 e. The Morgan fingerprint density at radius 2 is 2.08 bits per heavy atom. The number of aromatic hydroxyl groups is 1. The van der Waals surface area contributed by atoms with Gasteiger partial charge in [-0.3, -0.25) is 9.48 Å². The Labute approximate surface area is 150 Å². The average molecular weight is 382 g/mol. The van der Waals surface area contributed by atoms with Gasteiger partial charge in [0, 0.05) is 18.3 Å². The van der Waals surface area contributed by atoms with Gasteiger partial charge >= 0.3 is 10.2 Å². The quantitative estimate of drug-likeness (QED) is 0.818. The SMILES string of the molecule is CC(C)CCn1ccc(-c2ccc(O)c(N3CC(=O)NS3(=O)=O)c2F)n1. The summed E-state index contributed by atoms with van der Waals surface area (Å²) in [5.74, 6) is -1.85. The summed E-state index contributed by atoms with van der Waals surface area (Å²) >= 11 is 0. The summed E-state index contributed by atoms with van der Waals surface area (Å²) in [7, 11) is -4.24. The van der Waals surface area contributed by atoms with Crippen LogP contribution in [0.2, 0.25) is 0 Å². The summed E-state index contributed by atoms with van der Waals surface area (Å²) in [4.78, 5) is 11.4. The highest BCUT2D eigenvalue weighted by atomic mass is 32.2. The highest BCUT2D eigenvalue weighted by Crippen LogP contribution is 2.38. The number of carbonyl (C=O) groups is 1. The molecule has 1 aliphatic rings. The van der Waals surface area contributed by atoms with Crippen molar-refractivity contribution in [2.75, 3.05) is 10.8 Å². The van der Waals surface area contributed by atoms with Crippen molar-refractivity contribution in [3.8, 4) is 17.0 Å². The Hall–Kier alpha value is -2.62. The first kappa shape index (κ1) is 18.2. The average Bonchev–Trinajstić information content (AvgIpc) is 3.09. The van der Waals surface area contributed by atoms with Gasteiger partial charge in [0.2, 0.25) is 0 Å². The lowest BCUT2D eigenvalue weighted by atomic mass is 10.1. The fourth-order valence-electron chi connectivity index (χ4n) is 2.66. The molecule has 8 nitrogen and oxygen atoms in total. The van der Waals surface area contributed by atoms with Crippen molar-refractivity contribution < 1.29 is 22.7 Å². The van der Waals surface area contributed by atoms with Gasteiger partial charge in [-0.2, -0.15) is 13.5 Å². The van der Waals surface area contributed by atoms with E-state index < -0.39 is 39.9 Å². The van der Waals surface area contributed by atoms with Crippen LogP contribution in [0.5, 0.6) is 5.75 Å². The van der Waals surface area contributed by atoms with E-state index >= 15 is 4.39 Å². The highest BCUT2D eigenvalue weighted by molar-refractivity contribution is 7.92. The van der Waals surface area contributed by atoms with Gasteiger partial charge in [-0.05, 0) is 30.5 Å². The summed E-state index contributed by atoms with van der Waals surface area (Å²) in [6, 6.07) is 4.11. The lowest BCUT2D eigenvalue weighted by Crippen LogP contribution is -2.30. The van der Waals surface area contributed by atoms with Gasteiger partial charge in [0.25, 0.3) is 5.91 Å². The fraction of sp³-hybridized carbons (Fsp3) is 0.375. The van der Waals surface area contributed by atoms with Crippen molar-refractivity contribution in [2.24, 2.45) is 5.92 Å². The van der Waals surface area contributed by atoms with E-state index in [1.54, 1.807) is 21.7 Å². The molecule has 0 unspecified atom stereocenters. The van der Waals surface area contributed by atoms with Gasteiger partial charge in [0.1, 0.15) is 18.0 Å². The van der Waals surface area contributed by atoms with Crippen LogP contribution < -0.4 is 9.03 Å². The van der Waals surface area contributed by atoms with Crippen molar-refractivity contribution >= 4 is 21.8 Å². The number of nitrogens with zero attached hydrogens (tertiary/aromatic N) is 3. The number of hydrogen-bond acceptors (Lipinski definition) is 5. The first-order valence-electron chi connectivity index (χ1n) is 8.07. The Bertz CT molecular complexity index is 955. The first-order chi connectivity index (χ1) is 12.2. The second kappa shape index (κ2) is 6.60. The number of amides is 1. The number of aromatic nitrogens is 2. The van der Waals surface area contributed by atoms with Crippen LogP contribution in [-0.4, -0.2) is 35.8 Å². The van der Waals surface area contributed by atoms with E-state index in [0.29, 0.717) is 22.5 Å². The molecular weight excluding hydrogens is 363 g/mol. The number of aryl methyl sites for hydroxylation is 1. The highest BCUT2D eigenvalue weighted by Gasteiger charge is 2.38. The van der Waals surface area contributed by atoms with E-state index in [4.69, 9.17) is 0 Å². The van der Waals surface area contributed by atoms with Crippen LogP contribution in [0.1, 0.15) is 20.3 Å². The third kappa shape index (κ3) is 3.36. The van der Waals surface area contributed by atoms with Gasteiger partial charge in [-0.15, -0.1) is 0 Å². The van der Waals surface area contributed by atoms with Crippen LogP contribution >= 0.6 is 0 Å². The van der Waals surface area contributed by atoms with Crippen LogP contribution in [0.3, 0.4) is 0 Å². The lowest BCUT2D eigenvalue weighted by molar-refractivity contribution is -0.117. The second-order valence-corrected chi connectivity index (χ2v) is 8.07. The molecule has 1 saturated heterocycles. The van der Waals surface area contributed by atoms with Gasteiger partial charge in [-0.1, -0.05) is 13.8 Å². The molecule has 0 bridgehead atoms. The van der Waals surface area contributed by atoms with Gasteiger partial charge < -0.3 is 5.11 Å². The van der Waals surface area contributed by atoms with Crippen molar-refractivity contribution in [1.82, 2.24) is 14.5 Å². The van der Waals surface area contributed by atoms with Crippen LogP contribution in [-0.2, 0) is 21.5 Å². The number of phenolic OH excluding ortho intramolecular Hbond substituents is 1. The van der Waals surface area contributed by atoms with E-state index in [2.05, 4.69) is 18.9 Å². The first-order valence-corrected chi connectivity index (χ1v) is 9.51. The van der Waals surface area contributed by atoms with Crippen molar-refractivity contribution in [3.63, 3.8) is 0 Å². The third-order valence-corrected chi connectivity index (χ3v) is 5.39. The molecule has 140 valence electrons. The van der Waals surface area contributed by atoms with Crippen molar-refractivity contribution in [2.45, 2.75) is 26.8 Å². The number of rotatable bonds is 5. The minimum atomic E-state index is -4.24. The predicted octanol–water partition coefficient (Wildman–Crippen LogP) is 1.62. The number of benzene rings is 1. The monoisotopic (exact) mass is 382 g/mol. The summed E-state index contributed by atoms with van der Waals surface area (Å²) < 4.78 is 42.9. The smallest absolute Gasteiger partial charge is 0.326 e. The van der Waals surface area contributed by atoms with Crippen LogP contribution in [0, 0.1) is 11.7 Å². The molecule has 10 heteroatoms. The van der Waals surface area contributed by atoms with Crippen LogP contribution in [0.4, 0.5) is 10.1 Å². The number of halogens is 1. The Kier molecular flexibility index (Phi) is 4.61. The molecule has 26 heavy (non-hydrogen) atoms. The molecule has 1 fully saturated rings. The Balaban J connectivity index is 2.00.